The van der Waals surface area contributed by atoms with Crippen molar-refractivity contribution in [3.05, 3.63) is 87.8 Å². The van der Waals surface area contributed by atoms with Crippen LogP contribution in [0.3, 0.4) is 0 Å². The van der Waals surface area contributed by atoms with E-state index in [4.69, 9.17) is 0 Å². The molecule has 1 fully saturated rings. The highest BCUT2D eigenvalue weighted by atomic mass is 32.2. The average molecular weight is 464 g/mol. The lowest BCUT2D eigenvalue weighted by molar-refractivity contribution is -0.127. The summed E-state index contributed by atoms with van der Waals surface area (Å²) in [5.74, 6) is -1.31. The van der Waals surface area contributed by atoms with Gasteiger partial charge in [0.15, 0.2) is 0 Å². The van der Waals surface area contributed by atoms with Gasteiger partial charge in [0.25, 0.3) is 11.1 Å². The number of carbonyl (C=O) groups is 3. The third-order valence-electron chi connectivity index (χ3n) is 5.33. The fourth-order valence-corrected chi connectivity index (χ4v) is 4.53. The predicted molar refractivity (Wildman–Crippen MR) is 128 cm³/mol. The van der Waals surface area contributed by atoms with E-state index in [0.717, 1.165) is 39.2 Å². The van der Waals surface area contributed by atoms with Gasteiger partial charge in [-0.2, -0.15) is 0 Å². The standard InChI is InChI=1S/C25H22FN3O3S/c1-15-7-9-20(10-8-15)27-23(30)14-28-24(31)22(33-25(28)32)12-18-11-16(2)29(17(18)3)21-6-4-5-19(26)13-21/h4-13H,14H2,1-3H3,(H,27,30)/b22-12-. The monoisotopic (exact) mass is 463 g/mol. The first-order chi connectivity index (χ1) is 15.7. The molecule has 3 aromatic rings. The van der Waals surface area contributed by atoms with Gasteiger partial charge in [0.2, 0.25) is 5.91 Å². The van der Waals surface area contributed by atoms with Crippen molar-refractivity contribution in [1.29, 1.82) is 0 Å². The third-order valence-corrected chi connectivity index (χ3v) is 6.24. The van der Waals surface area contributed by atoms with E-state index in [9.17, 15) is 18.8 Å². The first-order valence-corrected chi connectivity index (χ1v) is 11.1. The Hall–Kier alpha value is -3.65. The second-order valence-electron chi connectivity index (χ2n) is 7.82. The molecule has 3 amide bonds. The lowest BCUT2D eigenvalue weighted by Crippen LogP contribution is -2.36. The first-order valence-electron chi connectivity index (χ1n) is 10.3. The van der Waals surface area contributed by atoms with Crippen LogP contribution in [0.25, 0.3) is 11.8 Å². The Kier molecular flexibility index (Phi) is 6.20. The van der Waals surface area contributed by atoms with Crippen LogP contribution >= 0.6 is 11.8 Å². The molecule has 0 atom stereocenters. The maximum absolute atomic E-state index is 13.7. The van der Waals surface area contributed by atoms with Crippen LogP contribution in [0.5, 0.6) is 0 Å². The quantitative estimate of drug-likeness (QED) is 0.527. The van der Waals surface area contributed by atoms with Crippen molar-refractivity contribution in [2.45, 2.75) is 20.8 Å². The highest BCUT2D eigenvalue weighted by molar-refractivity contribution is 8.18. The summed E-state index contributed by atoms with van der Waals surface area (Å²) >= 11 is 0.798. The molecular formula is C25H22FN3O3S. The molecule has 0 bridgehead atoms. The fraction of sp³-hybridized carbons (Fsp3) is 0.160. The molecule has 0 saturated carbocycles. The van der Waals surface area contributed by atoms with Crippen LogP contribution in [0, 0.1) is 26.6 Å². The number of amides is 3. The van der Waals surface area contributed by atoms with Crippen LogP contribution in [-0.4, -0.2) is 33.1 Å². The highest BCUT2D eigenvalue weighted by Crippen LogP contribution is 2.33. The van der Waals surface area contributed by atoms with Gasteiger partial charge >= 0.3 is 0 Å². The molecule has 1 N–H and O–H groups in total. The smallest absolute Gasteiger partial charge is 0.294 e. The third kappa shape index (κ3) is 4.75. The van der Waals surface area contributed by atoms with Gasteiger partial charge in [-0.1, -0.05) is 23.8 Å². The maximum Gasteiger partial charge on any atom is 0.294 e. The van der Waals surface area contributed by atoms with Gasteiger partial charge in [0.1, 0.15) is 12.4 Å². The summed E-state index contributed by atoms with van der Waals surface area (Å²) in [4.78, 5) is 38.8. The Morgan fingerprint density at radius 1 is 1.06 bits per heavy atom. The van der Waals surface area contributed by atoms with Crippen molar-refractivity contribution in [2.24, 2.45) is 0 Å². The number of halogens is 1. The number of aromatic nitrogens is 1. The lowest BCUT2D eigenvalue weighted by Gasteiger charge is -2.12. The molecule has 2 heterocycles. The predicted octanol–water partition coefficient (Wildman–Crippen LogP) is 5.22. The molecule has 0 unspecified atom stereocenters. The van der Waals surface area contributed by atoms with Gasteiger partial charge in [-0.05, 0) is 80.6 Å². The fourth-order valence-electron chi connectivity index (χ4n) is 3.70. The van der Waals surface area contributed by atoms with Crippen molar-refractivity contribution < 1.29 is 18.8 Å². The molecule has 4 rings (SSSR count). The summed E-state index contributed by atoms with van der Waals surface area (Å²) in [5, 5.41) is 2.20. The van der Waals surface area contributed by atoms with Crippen LogP contribution in [-0.2, 0) is 9.59 Å². The number of nitrogens with one attached hydrogen (secondary N) is 1. The summed E-state index contributed by atoms with van der Waals surface area (Å²) in [5.41, 5.74) is 4.73. The number of benzene rings is 2. The summed E-state index contributed by atoms with van der Waals surface area (Å²) in [7, 11) is 0. The minimum Gasteiger partial charge on any atom is -0.325 e. The maximum atomic E-state index is 13.7. The zero-order chi connectivity index (χ0) is 23.7. The molecule has 1 aromatic heterocycles. The Labute approximate surface area is 195 Å². The van der Waals surface area contributed by atoms with Gasteiger partial charge in [-0.3, -0.25) is 19.3 Å². The van der Waals surface area contributed by atoms with E-state index in [1.54, 1.807) is 30.3 Å². The zero-order valence-electron chi connectivity index (χ0n) is 18.4. The van der Waals surface area contributed by atoms with Crippen molar-refractivity contribution in [1.82, 2.24) is 9.47 Å². The summed E-state index contributed by atoms with van der Waals surface area (Å²) in [6.07, 6.45) is 1.64. The Morgan fingerprint density at radius 2 is 1.79 bits per heavy atom. The molecule has 33 heavy (non-hydrogen) atoms. The molecule has 6 nitrogen and oxygen atoms in total. The molecule has 168 valence electrons. The van der Waals surface area contributed by atoms with Crippen LogP contribution in [0.15, 0.2) is 59.5 Å². The van der Waals surface area contributed by atoms with E-state index in [0.29, 0.717) is 11.4 Å². The van der Waals surface area contributed by atoms with Gasteiger partial charge in [0, 0.05) is 22.8 Å². The Bertz CT molecular complexity index is 1290. The number of hydrogen-bond donors (Lipinski definition) is 1. The van der Waals surface area contributed by atoms with E-state index in [-0.39, 0.29) is 17.3 Å². The van der Waals surface area contributed by atoms with Gasteiger partial charge in [-0.25, -0.2) is 4.39 Å². The van der Waals surface area contributed by atoms with Crippen LogP contribution in [0.4, 0.5) is 14.9 Å². The number of hydrogen-bond acceptors (Lipinski definition) is 4. The SMILES string of the molecule is Cc1ccc(NC(=O)CN2C(=O)S/C(=C\c3cc(C)n(-c4cccc(F)c4)c3C)C2=O)cc1. The molecule has 1 saturated heterocycles. The van der Waals surface area contributed by atoms with Crippen LogP contribution < -0.4 is 5.32 Å². The van der Waals surface area contributed by atoms with Crippen molar-refractivity contribution in [3.63, 3.8) is 0 Å². The Morgan fingerprint density at radius 3 is 2.48 bits per heavy atom. The van der Waals surface area contributed by atoms with E-state index in [2.05, 4.69) is 5.32 Å². The summed E-state index contributed by atoms with van der Waals surface area (Å²) in [6.45, 7) is 5.32. The van der Waals surface area contributed by atoms with E-state index >= 15 is 0 Å². The molecule has 8 heteroatoms. The average Bonchev–Trinajstić information content (AvgIpc) is 3.19. The molecule has 0 radical (unpaired) electrons. The highest BCUT2D eigenvalue weighted by Gasteiger charge is 2.36. The molecular weight excluding hydrogens is 441 g/mol. The van der Waals surface area contributed by atoms with Crippen LogP contribution in [0.2, 0.25) is 0 Å². The Balaban J connectivity index is 1.53. The zero-order valence-corrected chi connectivity index (χ0v) is 19.2. The van der Waals surface area contributed by atoms with Gasteiger partial charge < -0.3 is 9.88 Å². The lowest BCUT2D eigenvalue weighted by atomic mass is 10.2. The van der Waals surface area contributed by atoms with Gasteiger partial charge in [0.05, 0.1) is 4.91 Å². The molecule has 2 aromatic carbocycles. The minimum atomic E-state index is -0.514. The van der Waals surface area contributed by atoms with E-state index in [1.807, 2.05) is 43.5 Å². The number of carbonyl (C=O) groups excluding carboxylic acids is 3. The first kappa shape index (κ1) is 22.5. The molecule has 1 aliphatic heterocycles. The van der Waals surface area contributed by atoms with Crippen molar-refractivity contribution >= 4 is 40.6 Å². The molecule has 0 spiro atoms. The number of rotatable bonds is 5. The number of thioether (sulfide) groups is 1. The number of aryl methyl sites for hydroxylation is 2. The number of anilines is 1. The van der Waals surface area contributed by atoms with Crippen molar-refractivity contribution in [2.75, 3.05) is 11.9 Å². The van der Waals surface area contributed by atoms with Gasteiger partial charge in [-0.15, -0.1) is 0 Å². The second-order valence-corrected chi connectivity index (χ2v) is 8.82. The molecule has 0 aliphatic carbocycles. The largest absolute Gasteiger partial charge is 0.325 e. The summed E-state index contributed by atoms with van der Waals surface area (Å²) in [6, 6.07) is 15.4. The van der Waals surface area contributed by atoms with Crippen LogP contribution in [0.1, 0.15) is 22.5 Å². The number of nitrogens with zero attached hydrogens (tertiary/aromatic N) is 2. The molecule has 1 aliphatic rings. The normalized spacial score (nSPS) is 14.9. The van der Waals surface area contributed by atoms with E-state index < -0.39 is 17.1 Å². The van der Waals surface area contributed by atoms with E-state index in [1.165, 1.54) is 12.1 Å². The van der Waals surface area contributed by atoms with Crippen molar-refractivity contribution in [3.8, 4) is 5.69 Å². The topological polar surface area (TPSA) is 71.4 Å². The number of imide groups is 1. The minimum absolute atomic E-state index is 0.239. The summed E-state index contributed by atoms with van der Waals surface area (Å²) < 4.78 is 15.6. The second kappa shape index (κ2) is 9.07.